The number of halogens is 3. The molecule has 0 unspecified atom stereocenters. The van der Waals surface area contributed by atoms with Crippen molar-refractivity contribution in [3.05, 3.63) is 23.8 Å². The molecule has 0 aliphatic carbocycles. The Balaban J connectivity index is 2.19. The van der Waals surface area contributed by atoms with Crippen molar-refractivity contribution in [1.82, 2.24) is 5.32 Å². The maximum atomic E-state index is 12.9. The molecule has 0 aliphatic rings. The van der Waals surface area contributed by atoms with Crippen LogP contribution in [0, 0.1) is 0 Å². The number of alkyl halides is 3. The molecule has 0 aromatic heterocycles. The molecule has 1 aromatic rings. The van der Waals surface area contributed by atoms with Crippen LogP contribution < -0.4 is 16.4 Å². The minimum atomic E-state index is -4.49. The number of carboxylic acid groups (broad SMARTS) is 1. The van der Waals surface area contributed by atoms with Crippen LogP contribution in [-0.2, 0) is 15.7 Å². The molecule has 10 heteroatoms. The predicted octanol–water partition coefficient (Wildman–Crippen LogP) is 2.00. The maximum Gasteiger partial charge on any atom is 0.418 e. The Hall–Kier alpha value is -2.20. The fourth-order valence-corrected chi connectivity index (χ4v) is 1.76. The highest BCUT2D eigenvalue weighted by Gasteiger charge is 2.33. The van der Waals surface area contributed by atoms with Crippen molar-refractivity contribution in [2.45, 2.75) is 6.18 Å². The molecule has 7 nitrogen and oxygen atoms in total. The lowest BCUT2D eigenvalue weighted by Crippen LogP contribution is -2.25. The molecule has 0 saturated heterocycles. The molecule has 136 valence electrons. The van der Waals surface area contributed by atoms with E-state index in [-0.39, 0.29) is 50.9 Å². The number of rotatable bonds is 10. The van der Waals surface area contributed by atoms with Crippen molar-refractivity contribution in [2.75, 3.05) is 50.6 Å². The Morgan fingerprint density at radius 2 is 1.75 bits per heavy atom. The van der Waals surface area contributed by atoms with Crippen molar-refractivity contribution in [1.29, 1.82) is 0 Å². The standard InChI is InChI=1S/C14H20F3N3O4/c15-14(16,17)11-9-10(18)1-2-12(11)19-3-5-23-7-8-24-6-4-20-13(21)22/h1-2,9,19-20H,3-8,18H2,(H,21,22). The third-order valence-corrected chi connectivity index (χ3v) is 2.81. The number of anilines is 2. The number of nitrogen functional groups attached to an aromatic ring is 1. The molecule has 24 heavy (non-hydrogen) atoms. The number of hydrogen-bond donors (Lipinski definition) is 4. The smallest absolute Gasteiger partial charge is 0.418 e. The normalized spacial score (nSPS) is 11.3. The first-order chi connectivity index (χ1) is 11.3. The number of nitrogens with two attached hydrogens (primary N) is 1. The third kappa shape index (κ3) is 7.88. The van der Waals surface area contributed by atoms with Gasteiger partial charge in [-0.3, -0.25) is 0 Å². The zero-order chi connectivity index (χ0) is 18.0. The van der Waals surface area contributed by atoms with Gasteiger partial charge in [0.25, 0.3) is 0 Å². The highest BCUT2D eigenvalue weighted by atomic mass is 19.4. The molecule has 0 heterocycles. The van der Waals surface area contributed by atoms with E-state index in [9.17, 15) is 18.0 Å². The van der Waals surface area contributed by atoms with E-state index in [4.69, 9.17) is 20.3 Å². The van der Waals surface area contributed by atoms with Gasteiger partial charge in [-0.25, -0.2) is 4.79 Å². The summed E-state index contributed by atoms with van der Waals surface area (Å²) in [5.74, 6) is 0. The molecule has 0 saturated carbocycles. The summed E-state index contributed by atoms with van der Waals surface area (Å²) in [5, 5.41) is 13.1. The Morgan fingerprint density at radius 1 is 1.12 bits per heavy atom. The SMILES string of the molecule is Nc1ccc(NCCOCCOCCNC(=O)O)c(C(F)(F)F)c1. The molecular weight excluding hydrogens is 331 g/mol. The number of carbonyl (C=O) groups is 1. The van der Waals surface area contributed by atoms with Crippen LogP contribution in [0.15, 0.2) is 18.2 Å². The van der Waals surface area contributed by atoms with E-state index in [0.717, 1.165) is 6.07 Å². The van der Waals surface area contributed by atoms with Gasteiger partial charge in [0.1, 0.15) is 0 Å². The van der Waals surface area contributed by atoms with Crippen LogP contribution in [0.25, 0.3) is 0 Å². The lowest BCUT2D eigenvalue weighted by molar-refractivity contribution is -0.136. The topological polar surface area (TPSA) is 106 Å². The summed E-state index contributed by atoms with van der Waals surface area (Å²) in [4.78, 5) is 10.2. The summed E-state index contributed by atoms with van der Waals surface area (Å²) in [7, 11) is 0. The van der Waals surface area contributed by atoms with Gasteiger partial charge in [-0.05, 0) is 18.2 Å². The zero-order valence-electron chi connectivity index (χ0n) is 12.9. The van der Waals surface area contributed by atoms with Crippen molar-refractivity contribution >= 4 is 17.5 Å². The molecule has 0 spiro atoms. The fourth-order valence-electron chi connectivity index (χ4n) is 1.76. The van der Waals surface area contributed by atoms with Gasteiger partial charge in [-0.15, -0.1) is 0 Å². The second-order valence-electron chi connectivity index (χ2n) is 4.69. The number of benzene rings is 1. The van der Waals surface area contributed by atoms with E-state index >= 15 is 0 Å². The van der Waals surface area contributed by atoms with Crippen LogP contribution >= 0.6 is 0 Å². The van der Waals surface area contributed by atoms with E-state index in [0.29, 0.717) is 0 Å². The molecule has 1 aromatic carbocycles. The molecule has 0 atom stereocenters. The van der Waals surface area contributed by atoms with Crippen LogP contribution in [0.4, 0.5) is 29.3 Å². The minimum absolute atomic E-state index is 0.0404. The Bertz CT molecular complexity index is 526. The van der Waals surface area contributed by atoms with Crippen molar-refractivity contribution in [3.63, 3.8) is 0 Å². The van der Waals surface area contributed by atoms with E-state index in [1.807, 2.05) is 0 Å². The molecule has 0 aliphatic heterocycles. The predicted molar refractivity (Wildman–Crippen MR) is 82.0 cm³/mol. The first-order valence-corrected chi connectivity index (χ1v) is 7.13. The van der Waals surface area contributed by atoms with Crippen molar-refractivity contribution in [2.24, 2.45) is 0 Å². The van der Waals surface area contributed by atoms with Crippen LogP contribution in [-0.4, -0.2) is 50.7 Å². The Kier molecular flexibility index (Phi) is 8.13. The van der Waals surface area contributed by atoms with E-state index in [2.05, 4.69) is 10.6 Å². The number of amides is 1. The highest BCUT2D eigenvalue weighted by molar-refractivity contribution is 5.64. The average Bonchev–Trinajstić information content (AvgIpc) is 2.49. The molecular formula is C14H20F3N3O4. The van der Waals surface area contributed by atoms with Crippen LogP contribution in [0.1, 0.15) is 5.56 Å². The molecule has 1 rings (SSSR count). The molecule has 0 radical (unpaired) electrons. The summed E-state index contributed by atoms with van der Waals surface area (Å²) in [5.41, 5.74) is 4.54. The van der Waals surface area contributed by atoms with Crippen molar-refractivity contribution in [3.8, 4) is 0 Å². The maximum absolute atomic E-state index is 12.9. The van der Waals surface area contributed by atoms with E-state index in [1.54, 1.807) is 0 Å². The van der Waals surface area contributed by atoms with Gasteiger partial charge >= 0.3 is 12.3 Å². The quantitative estimate of drug-likeness (QED) is 0.380. The molecule has 0 fully saturated rings. The van der Waals surface area contributed by atoms with Gasteiger partial charge in [0.2, 0.25) is 0 Å². The monoisotopic (exact) mass is 351 g/mol. The van der Waals surface area contributed by atoms with E-state index < -0.39 is 17.8 Å². The highest BCUT2D eigenvalue weighted by Crippen LogP contribution is 2.35. The molecule has 0 bridgehead atoms. The fraction of sp³-hybridized carbons (Fsp3) is 0.500. The second-order valence-corrected chi connectivity index (χ2v) is 4.69. The number of nitrogens with one attached hydrogen (secondary N) is 2. The molecule has 5 N–H and O–H groups in total. The Morgan fingerprint density at radius 3 is 2.33 bits per heavy atom. The van der Waals surface area contributed by atoms with Crippen LogP contribution in [0.5, 0.6) is 0 Å². The number of hydrogen-bond acceptors (Lipinski definition) is 5. The summed E-state index contributed by atoms with van der Waals surface area (Å²) in [6.07, 6.45) is -5.61. The van der Waals surface area contributed by atoms with Crippen LogP contribution in [0.3, 0.4) is 0 Å². The van der Waals surface area contributed by atoms with Gasteiger partial charge in [0.05, 0.1) is 32.0 Å². The average molecular weight is 351 g/mol. The Labute approximate surface area is 136 Å². The largest absolute Gasteiger partial charge is 0.465 e. The first kappa shape index (κ1) is 19.8. The van der Waals surface area contributed by atoms with Gasteiger partial charge in [0.15, 0.2) is 0 Å². The van der Waals surface area contributed by atoms with Gasteiger partial charge in [-0.1, -0.05) is 0 Å². The van der Waals surface area contributed by atoms with Crippen LogP contribution in [0.2, 0.25) is 0 Å². The summed E-state index contributed by atoms with van der Waals surface area (Å²) in [6, 6.07) is 3.54. The van der Waals surface area contributed by atoms with E-state index in [1.165, 1.54) is 12.1 Å². The summed E-state index contributed by atoms with van der Waals surface area (Å²) in [6.45, 7) is 1.29. The lowest BCUT2D eigenvalue weighted by atomic mass is 10.1. The summed E-state index contributed by atoms with van der Waals surface area (Å²) >= 11 is 0. The van der Waals surface area contributed by atoms with Crippen molar-refractivity contribution < 1.29 is 32.5 Å². The third-order valence-electron chi connectivity index (χ3n) is 2.81. The van der Waals surface area contributed by atoms with Gasteiger partial charge in [0, 0.05) is 24.5 Å². The molecule has 1 amide bonds. The van der Waals surface area contributed by atoms with Gasteiger partial charge < -0.3 is 30.9 Å². The first-order valence-electron chi connectivity index (χ1n) is 7.13. The minimum Gasteiger partial charge on any atom is -0.465 e. The summed E-state index contributed by atoms with van der Waals surface area (Å²) < 4.78 is 48.9. The lowest BCUT2D eigenvalue weighted by Gasteiger charge is -2.15. The second kappa shape index (κ2) is 9.83. The van der Waals surface area contributed by atoms with Gasteiger partial charge in [-0.2, -0.15) is 13.2 Å². The zero-order valence-corrected chi connectivity index (χ0v) is 12.9. The number of ether oxygens (including phenoxy) is 2.